The number of esters is 1. The molecule has 0 fully saturated rings. The van der Waals surface area contributed by atoms with Crippen LogP contribution in [0.3, 0.4) is 0 Å². The number of hydrogen-bond acceptors (Lipinski definition) is 5. The van der Waals surface area contributed by atoms with Crippen LogP contribution in [0.4, 0.5) is 0 Å². The van der Waals surface area contributed by atoms with Gasteiger partial charge in [0.05, 0.1) is 6.61 Å². The molecule has 0 bridgehead atoms. The van der Waals surface area contributed by atoms with Crippen LogP contribution in [0.15, 0.2) is 12.7 Å². The topological polar surface area (TPSA) is 54.0 Å². The molecule has 0 amide bonds. The Morgan fingerprint density at radius 2 is 1.36 bits per heavy atom. The third-order valence-electron chi connectivity index (χ3n) is 5.76. The maximum absolute atomic E-state index is 11.1. The molecule has 0 N–H and O–H groups in total. The quantitative estimate of drug-likeness (QED) is 0.0918. The smallest absolute Gasteiger partial charge is 0.330 e. The van der Waals surface area contributed by atoms with Crippen molar-refractivity contribution in [2.24, 2.45) is 0 Å². The average molecular weight is 447 g/mol. The Morgan fingerprint density at radius 3 is 1.71 bits per heavy atom. The minimum absolute atomic E-state index is 0.245. The highest BCUT2D eigenvalue weighted by Crippen LogP contribution is 2.34. The zero-order chi connectivity index (χ0) is 21.7. The van der Waals surface area contributed by atoms with E-state index in [9.17, 15) is 4.79 Å². The number of ether oxygens (including phenoxy) is 1. The number of carbonyl (C=O) groups excluding carboxylic acids is 1. The van der Waals surface area contributed by atoms with E-state index in [4.69, 9.17) is 18.0 Å². The van der Waals surface area contributed by atoms with E-state index >= 15 is 0 Å². The van der Waals surface area contributed by atoms with Gasteiger partial charge in [-0.2, -0.15) is 0 Å². The monoisotopic (exact) mass is 446 g/mol. The molecular formula is C20H42O5Si3. The van der Waals surface area contributed by atoms with Gasteiger partial charge in [-0.05, 0) is 48.7 Å². The first-order chi connectivity index (χ1) is 13.2. The summed E-state index contributed by atoms with van der Waals surface area (Å²) >= 11 is 0. The molecule has 0 saturated heterocycles. The van der Waals surface area contributed by atoms with E-state index in [2.05, 4.69) is 48.1 Å². The van der Waals surface area contributed by atoms with E-state index in [-0.39, 0.29) is 15.7 Å². The van der Waals surface area contributed by atoms with Crippen LogP contribution in [0.2, 0.25) is 42.3 Å². The van der Waals surface area contributed by atoms with Crippen molar-refractivity contribution >= 4 is 32.4 Å². The molecule has 5 nitrogen and oxygen atoms in total. The lowest BCUT2D eigenvalue weighted by atomic mass is 10.5. The van der Waals surface area contributed by atoms with Crippen LogP contribution in [0, 0.1) is 0 Å². The van der Waals surface area contributed by atoms with Crippen molar-refractivity contribution in [2.75, 3.05) is 6.61 Å². The second-order valence-corrected chi connectivity index (χ2v) is 17.7. The number of hydrogen-bond donors (Lipinski definition) is 0. The molecule has 0 saturated carbocycles. The minimum atomic E-state index is -1.89. The first kappa shape index (κ1) is 27.7. The van der Waals surface area contributed by atoms with Gasteiger partial charge in [0.25, 0.3) is 5.97 Å². The summed E-state index contributed by atoms with van der Waals surface area (Å²) < 4.78 is 24.8. The average Bonchev–Trinajstić information content (AvgIpc) is 2.73. The molecule has 0 rings (SSSR count). The van der Waals surface area contributed by atoms with Crippen LogP contribution in [-0.2, 0) is 22.8 Å². The maximum Gasteiger partial charge on any atom is 0.330 e. The molecule has 0 heterocycles. The summed E-state index contributed by atoms with van der Waals surface area (Å²) in [5.41, 5.74) is 0. The number of carbonyl (C=O) groups is 1. The van der Waals surface area contributed by atoms with E-state index in [1.807, 2.05) is 6.92 Å². The highest BCUT2D eigenvalue weighted by molar-refractivity contribution is 6.74. The predicted octanol–water partition coefficient (Wildman–Crippen LogP) is 5.88. The molecule has 0 atom stereocenters. The van der Waals surface area contributed by atoms with Crippen molar-refractivity contribution in [3.05, 3.63) is 12.7 Å². The first-order valence-electron chi connectivity index (χ1n) is 10.8. The van der Waals surface area contributed by atoms with Crippen LogP contribution in [-0.4, -0.2) is 44.9 Å². The van der Waals surface area contributed by atoms with Crippen molar-refractivity contribution in [3.63, 3.8) is 0 Å². The van der Waals surface area contributed by atoms with Crippen LogP contribution in [0.25, 0.3) is 0 Å². The van der Waals surface area contributed by atoms with Crippen molar-refractivity contribution < 1.29 is 22.8 Å². The van der Waals surface area contributed by atoms with Crippen LogP contribution < -0.4 is 0 Å². The Labute approximate surface area is 177 Å². The van der Waals surface area contributed by atoms with Gasteiger partial charge in [-0.1, -0.05) is 48.1 Å². The van der Waals surface area contributed by atoms with Gasteiger partial charge in [0.2, 0.25) is 9.76 Å². The van der Waals surface area contributed by atoms with Gasteiger partial charge >= 0.3 is 5.97 Å². The second-order valence-electron chi connectivity index (χ2n) is 7.28. The van der Waals surface area contributed by atoms with Crippen LogP contribution >= 0.6 is 0 Å². The molecule has 0 aromatic carbocycles. The largest absolute Gasteiger partial charge is 0.463 e. The fourth-order valence-electron chi connectivity index (χ4n) is 3.34. The Bertz CT molecular complexity index is 413. The highest BCUT2D eigenvalue weighted by Gasteiger charge is 2.44. The molecule has 0 aliphatic rings. The molecule has 28 heavy (non-hydrogen) atoms. The summed E-state index contributed by atoms with van der Waals surface area (Å²) in [7, 11) is -3.53. The van der Waals surface area contributed by atoms with E-state index in [0.29, 0.717) is 6.61 Å². The van der Waals surface area contributed by atoms with Gasteiger partial charge < -0.3 is 18.0 Å². The lowest BCUT2D eigenvalue weighted by Gasteiger charge is -2.44. The van der Waals surface area contributed by atoms with Crippen LogP contribution in [0.1, 0.15) is 54.9 Å². The van der Waals surface area contributed by atoms with Gasteiger partial charge in [0.15, 0.2) is 16.6 Å². The summed E-state index contributed by atoms with van der Waals surface area (Å²) in [6.07, 6.45) is 1.94. The molecule has 8 heteroatoms. The maximum atomic E-state index is 11.1. The summed E-state index contributed by atoms with van der Waals surface area (Å²) in [6.45, 7) is 19.1. The minimum Gasteiger partial charge on any atom is -0.463 e. The molecule has 164 valence electrons. The molecule has 0 aromatic heterocycles. The summed E-state index contributed by atoms with van der Waals surface area (Å²) in [4.78, 5) is 11.1. The standard InChI is InChI=1S/C20H42O5Si3/c1-9-19(21)22-17-16-18-26-23-20(8,24-27(10-2,11-3)12-4)25-28(13-5,14-6)15-7/h9H,1,10-18H2,2-8H3. The third kappa shape index (κ3) is 9.04. The van der Waals surface area contributed by atoms with Crippen molar-refractivity contribution in [2.45, 2.75) is 103 Å². The molecule has 0 aliphatic heterocycles. The normalized spacial score (nSPS) is 12.8. The summed E-state index contributed by atoms with van der Waals surface area (Å²) in [5.74, 6) is -1.35. The molecule has 0 aromatic rings. The van der Waals surface area contributed by atoms with Crippen molar-refractivity contribution in [1.29, 1.82) is 0 Å². The Balaban J connectivity index is 5.12. The highest BCUT2D eigenvalue weighted by atomic mass is 28.4. The number of rotatable bonds is 17. The lowest BCUT2D eigenvalue weighted by molar-refractivity contribution is -0.254. The fourth-order valence-corrected chi connectivity index (χ4v) is 9.93. The summed E-state index contributed by atoms with van der Waals surface area (Å²) in [6, 6.07) is 7.15. The SMILES string of the molecule is C=CC(=O)OCCC[Si]OC(C)(O[Si](CC)(CC)CC)O[Si](CC)(CC)CC. The lowest BCUT2D eigenvalue weighted by Crippen LogP contribution is -2.55. The van der Waals surface area contributed by atoms with E-state index in [1.165, 1.54) is 6.08 Å². The van der Waals surface area contributed by atoms with Crippen molar-refractivity contribution in [3.8, 4) is 0 Å². The first-order valence-corrected chi connectivity index (χ1v) is 17.0. The second kappa shape index (κ2) is 13.9. The molecular weight excluding hydrogens is 404 g/mol. The Hall–Kier alpha value is -0.259. The van der Waals surface area contributed by atoms with E-state index in [0.717, 1.165) is 48.7 Å². The molecule has 0 unspecified atom stereocenters. The Morgan fingerprint density at radius 1 is 0.929 bits per heavy atom. The van der Waals surface area contributed by atoms with Gasteiger partial charge in [-0.25, -0.2) is 4.79 Å². The van der Waals surface area contributed by atoms with Crippen LogP contribution in [0.5, 0.6) is 0 Å². The Kier molecular flexibility index (Phi) is 13.7. The zero-order valence-corrected chi connectivity index (χ0v) is 22.2. The summed E-state index contributed by atoms with van der Waals surface area (Å²) in [5, 5.41) is 0. The van der Waals surface area contributed by atoms with E-state index in [1.54, 1.807) is 0 Å². The third-order valence-corrected chi connectivity index (χ3v) is 16.2. The molecule has 0 aliphatic carbocycles. The van der Waals surface area contributed by atoms with Gasteiger partial charge in [0.1, 0.15) is 0 Å². The molecule has 0 spiro atoms. The van der Waals surface area contributed by atoms with E-state index < -0.39 is 22.6 Å². The fraction of sp³-hybridized carbons (Fsp3) is 0.850. The van der Waals surface area contributed by atoms with Crippen molar-refractivity contribution in [1.82, 2.24) is 0 Å². The predicted molar refractivity (Wildman–Crippen MR) is 122 cm³/mol. The zero-order valence-electron chi connectivity index (χ0n) is 19.2. The van der Waals surface area contributed by atoms with Gasteiger partial charge in [-0.15, -0.1) is 0 Å². The van der Waals surface area contributed by atoms with Gasteiger partial charge in [0, 0.05) is 13.0 Å². The molecule has 2 radical (unpaired) electrons. The van der Waals surface area contributed by atoms with Gasteiger partial charge in [-0.3, -0.25) is 0 Å².